The van der Waals surface area contributed by atoms with Crippen molar-refractivity contribution in [3.63, 3.8) is 0 Å². The molecule has 0 fully saturated rings. The highest BCUT2D eigenvalue weighted by Gasteiger charge is 2.14. The van der Waals surface area contributed by atoms with E-state index >= 15 is 0 Å². The van der Waals surface area contributed by atoms with Crippen LogP contribution < -0.4 is 0 Å². The molecule has 0 saturated heterocycles. The maximum atomic E-state index is 10.3. The van der Waals surface area contributed by atoms with Crippen LogP contribution >= 0.6 is 0 Å². The maximum Gasteiger partial charge on any atom is 0.106 e. The van der Waals surface area contributed by atoms with Gasteiger partial charge in [-0.1, -0.05) is 151 Å². The summed E-state index contributed by atoms with van der Waals surface area (Å²) in [5, 5.41) is 10.3. The van der Waals surface area contributed by atoms with Crippen molar-refractivity contribution in [1.29, 1.82) is 0 Å². The maximum absolute atomic E-state index is 10.3. The minimum absolute atomic E-state index is 0.203. The number of aromatic nitrogens is 1. The number of aliphatic hydroxyl groups is 1. The van der Waals surface area contributed by atoms with Crippen molar-refractivity contribution >= 4 is 0 Å². The normalized spacial score (nSPS) is 12.3. The van der Waals surface area contributed by atoms with Crippen molar-refractivity contribution in [2.24, 2.45) is 0 Å². The van der Waals surface area contributed by atoms with Gasteiger partial charge in [0.1, 0.15) is 6.10 Å². The van der Waals surface area contributed by atoms with Gasteiger partial charge in [-0.05, 0) is 55.8 Å². The molecule has 0 radical (unpaired) electrons. The Morgan fingerprint density at radius 3 is 1.49 bits per heavy atom. The predicted octanol–water partition coefficient (Wildman–Crippen LogP) is 9.83. The molecule has 5 aromatic rings. The van der Waals surface area contributed by atoms with Gasteiger partial charge in [-0.15, -0.1) is 0 Å². The lowest BCUT2D eigenvalue weighted by atomic mass is 9.87. The Bertz CT molecular complexity index is 1450. The Hall–Kier alpha value is -4.05. The second kappa shape index (κ2) is 14.4. The smallest absolute Gasteiger partial charge is 0.106 e. The van der Waals surface area contributed by atoms with Crippen molar-refractivity contribution < 1.29 is 9.84 Å². The lowest BCUT2D eigenvalue weighted by Gasteiger charge is -2.19. The fourth-order valence-electron chi connectivity index (χ4n) is 4.71. The van der Waals surface area contributed by atoms with E-state index in [1.165, 1.54) is 27.8 Å². The SMILES string of the molecule is CC(C)(C)c1ccc(COCc2ccc(C(C)(C)C)cc2)cc1.OC(c1ccc(-c2ccccc2)cc1)c1cccnc1. The molecule has 3 heteroatoms. The first-order chi connectivity index (χ1) is 20.5. The third-order valence-corrected chi connectivity index (χ3v) is 7.51. The van der Waals surface area contributed by atoms with E-state index in [1.807, 2.05) is 54.6 Å². The van der Waals surface area contributed by atoms with Gasteiger partial charge >= 0.3 is 0 Å². The number of ether oxygens (including phenoxy) is 1. The zero-order chi connectivity index (χ0) is 30.9. The van der Waals surface area contributed by atoms with E-state index in [0.717, 1.165) is 16.7 Å². The zero-order valence-electron chi connectivity index (χ0n) is 26.4. The van der Waals surface area contributed by atoms with Crippen molar-refractivity contribution in [3.05, 3.63) is 161 Å². The number of pyridine rings is 1. The summed E-state index contributed by atoms with van der Waals surface area (Å²) in [5.41, 5.74) is 9.58. The Morgan fingerprint density at radius 1 is 0.558 bits per heavy atom. The summed E-state index contributed by atoms with van der Waals surface area (Å²) in [6.07, 6.45) is 2.76. The summed E-state index contributed by atoms with van der Waals surface area (Å²) in [6.45, 7) is 14.7. The molecule has 4 aromatic carbocycles. The quantitative estimate of drug-likeness (QED) is 0.211. The van der Waals surface area contributed by atoms with Crippen LogP contribution in [0.5, 0.6) is 0 Å². The molecule has 1 heterocycles. The van der Waals surface area contributed by atoms with Crippen LogP contribution in [0.4, 0.5) is 0 Å². The van der Waals surface area contributed by atoms with Crippen LogP contribution in [0.3, 0.4) is 0 Å². The van der Waals surface area contributed by atoms with Gasteiger partial charge in [-0.3, -0.25) is 4.98 Å². The van der Waals surface area contributed by atoms with Gasteiger partial charge in [0.2, 0.25) is 0 Å². The molecule has 0 amide bonds. The summed E-state index contributed by atoms with van der Waals surface area (Å²) >= 11 is 0. The van der Waals surface area contributed by atoms with E-state index in [2.05, 4.69) is 107 Å². The second-order valence-electron chi connectivity index (χ2n) is 13.1. The average molecular weight is 572 g/mol. The van der Waals surface area contributed by atoms with Gasteiger partial charge in [-0.2, -0.15) is 0 Å². The highest BCUT2D eigenvalue weighted by atomic mass is 16.5. The topological polar surface area (TPSA) is 42.4 Å². The number of hydrogen-bond acceptors (Lipinski definition) is 3. The molecule has 3 nitrogen and oxygen atoms in total. The Labute approximate surface area is 258 Å². The highest BCUT2D eigenvalue weighted by Crippen LogP contribution is 2.26. The Morgan fingerprint density at radius 2 is 1.05 bits per heavy atom. The Balaban J connectivity index is 0.000000198. The van der Waals surface area contributed by atoms with E-state index in [4.69, 9.17) is 4.74 Å². The van der Waals surface area contributed by atoms with Crippen molar-refractivity contribution in [1.82, 2.24) is 4.98 Å². The van der Waals surface area contributed by atoms with E-state index in [1.54, 1.807) is 12.4 Å². The minimum Gasteiger partial charge on any atom is -0.384 e. The van der Waals surface area contributed by atoms with E-state index < -0.39 is 6.10 Å². The molecule has 43 heavy (non-hydrogen) atoms. The number of benzene rings is 4. The molecule has 1 N–H and O–H groups in total. The minimum atomic E-state index is -0.631. The van der Waals surface area contributed by atoms with Crippen LogP contribution in [0.2, 0.25) is 0 Å². The van der Waals surface area contributed by atoms with Crippen LogP contribution in [-0.4, -0.2) is 10.1 Å². The van der Waals surface area contributed by atoms with Gasteiger partial charge < -0.3 is 9.84 Å². The largest absolute Gasteiger partial charge is 0.384 e. The van der Waals surface area contributed by atoms with E-state index in [0.29, 0.717) is 13.2 Å². The molecule has 5 rings (SSSR count). The first kappa shape index (κ1) is 31.9. The van der Waals surface area contributed by atoms with Crippen LogP contribution in [0.1, 0.15) is 81.0 Å². The average Bonchev–Trinajstić information content (AvgIpc) is 3.02. The fraction of sp³-hybridized carbons (Fsp3) is 0.275. The van der Waals surface area contributed by atoms with Gasteiger partial charge in [0.15, 0.2) is 0 Å². The van der Waals surface area contributed by atoms with Gasteiger partial charge in [0, 0.05) is 18.0 Å². The predicted molar refractivity (Wildman–Crippen MR) is 179 cm³/mol. The van der Waals surface area contributed by atoms with Crippen LogP contribution in [-0.2, 0) is 28.8 Å². The molecule has 1 atom stereocenters. The molecule has 0 aliphatic carbocycles. The molecule has 0 spiro atoms. The van der Waals surface area contributed by atoms with Crippen molar-refractivity contribution in [3.8, 4) is 11.1 Å². The zero-order valence-corrected chi connectivity index (χ0v) is 26.4. The molecule has 0 saturated carbocycles. The summed E-state index contributed by atoms with van der Waals surface area (Å²) in [6, 6.07) is 39.4. The van der Waals surface area contributed by atoms with E-state index in [-0.39, 0.29) is 10.8 Å². The lowest BCUT2D eigenvalue weighted by molar-refractivity contribution is 0.107. The molecular formula is C40H45NO2. The standard InChI is InChI=1S/C22H30O.C18H15NO/c1-21(2,3)19-11-7-17(8-12-19)15-23-16-18-9-13-20(14-10-18)22(4,5)6;20-18(17-7-4-12-19-13-17)16-10-8-15(9-11-16)14-5-2-1-3-6-14/h7-14H,15-16H2,1-6H3;1-13,18,20H. The molecule has 222 valence electrons. The van der Waals surface area contributed by atoms with Crippen LogP contribution in [0.25, 0.3) is 11.1 Å². The second-order valence-corrected chi connectivity index (χ2v) is 13.1. The molecular weight excluding hydrogens is 526 g/mol. The van der Waals surface area contributed by atoms with Gasteiger partial charge in [0.05, 0.1) is 13.2 Å². The molecule has 1 unspecified atom stereocenters. The number of rotatable bonds is 7. The van der Waals surface area contributed by atoms with Crippen LogP contribution in [0, 0.1) is 0 Å². The van der Waals surface area contributed by atoms with Gasteiger partial charge in [-0.25, -0.2) is 0 Å². The monoisotopic (exact) mass is 571 g/mol. The Kier molecular flexibility index (Phi) is 10.7. The molecule has 0 aliphatic rings. The fourth-order valence-corrected chi connectivity index (χ4v) is 4.71. The van der Waals surface area contributed by atoms with Crippen molar-refractivity contribution in [2.75, 3.05) is 0 Å². The van der Waals surface area contributed by atoms with E-state index in [9.17, 15) is 5.11 Å². The summed E-state index contributed by atoms with van der Waals surface area (Å²) < 4.78 is 5.86. The first-order valence-electron chi connectivity index (χ1n) is 15.0. The van der Waals surface area contributed by atoms with Crippen molar-refractivity contribution in [2.45, 2.75) is 71.7 Å². The number of nitrogens with zero attached hydrogens (tertiary/aromatic N) is 1. The summed E-state index contributed by atoms with van der Waals surface area (Å²) in [5.74, 6) is 0. The van der Waals surface area contributed by atoms with Crippen LogP contribution in [0.15, 0.2) is 128 Å². The molecule has 0 bridgehead atoms. The number of hydrogen-bond donors (Lipinski definition) is 1. The summed E-state index contributed by atoms with van der Waals surface area (Å²) in [7, 11) is 0. The van der Waals surface area contributed by atoms with Gasteiger partial charge in [0.25, 0.3) is 0 Å². The first-order valence-corrected chi connectivity index (χ1v) is 15.0. The molecule has 1 aromatic heterocycles. The lowest BCUT2D eigenvalue weighted by Crippen LogP contribution is -2.11. The highest BCUT2D eigenvalue weighted by molar-refractivity contribution is 5.63. The number of aliphatic hydroxyl groups excluding tert-OH is 1. The summed E-state index contributed by atoms with van der Waals surface area (Å²) in [4.78, 5) is 4.04. The molecule has 0 aliphatic heterocycles. The third kappa shape index (κ3) is 9.47. The third-order valence-electron chi connectivity index (χ3n) is 7.51.